The van der Waals surface area contributed by atoms with E-state index in [9.17, 15) is 13.6 Å². The lowest BCUT2D eigenvalue weighted by molar-refractivity contribution is 0.102. The average Bonchev–Trinajstić information content (AvgIpc) is 2.40. The van der Waals surface area contributed by atoms with Gasteiger partial charge in [-0.05, 0) is 46.6 Å². The number of hydrogen-bond donors (Lipinski definition) is 2. The summed E-state index contributed by atoms with van der Waals surface area (Å²) in [6.07, 6.45) is 0. The molecular formula is C14H10BrClF2N2O. The summed E-state index contributed by atoms with van der Waals surface area (Å²) in [5.74, 6) is -2.91. The van der Waals surface area contributed by atoms with Gasteiger partial charge in [-0.2, -0.15) is 0 Å². The van der Waals surface area contributed by atoms with Crippen molar-refractivity contribution in [1.82, 2.24) is 0 Å². The smallest absolute Gasteiger partial charge is 0.257 e. The summed E-state index contributed by atoms with van der Waals surface area (Å²) in [4.78, 5) is 12.1. The second kappa shape index (κ2) is 5.99. The first-order valence-electron chi connectivity index (χ1n) is 5.81. The highest BCUT2D eigenvalue weighted by atomic mass is 79.9. The molecule has 0 unspecified atom stereocenters. The van der Waals surface area contributed by atoms with Gasteiger partial charge in [-0.1, -0.05) is 11.6 Å². The lowest BCUT2D eigenvalue weighted by Gasteiger charge is -2.11. The van der Waals surface area contributed by atoms with Crippen LogP contribution in [0.2, 0.25) is 5.02 Å². The van der Waals surface area contributed by atoms with E-state index in [4.69, 9.17) is 17.3 Å². The number of hydrogen-bond acceptors (Lipinski definition) is 2. The quantitative estimate of drug-likeness (QED) is 0.758. The first-order chi connectivity index (χ1) is 9.79. The minimum absolute atomic E-state index is 0.152. The third kappa shape index (κ3) is 3.33. The summed E-state index contributed by atoms with van der Waals surface area (Å²) in [6, 6.07) is 4.80. The van der Waals surface area contributed by atoms with E-state index >= 15 is 0 Å². The molecule has 2 aromatic carbocycles. The van der Waals surface area contributed by atoms with Crippen LogP contribution < -0.4 is 11.1 Å². The predicted molar refractivity (Wildman–Crippen MR) is 82.6 cm³/mol. The zero-order valence-electron chi connectivity index (χ0n) is 10.8. The van der Waals surface area contributed by atoms with Gasteiger partial charge < -0.3 is 11.1 Å². The minimum Gasteiger partial charge on any atom is -0.398 e. The van der Waals surface area contributed by atoms with Crippen LogP contribution in [0, 0.1) is 18.6 Å². The molecule has 0 spiro atoms. The highest BCUT2D eigenvalue weighted by molar-refractivity contribution is 9.10. The van der Waals surface area contributed by atoms with E-state index in [-0.39, 0.29) is 11.3 Å². The lowest BCUT2D eigenvalue weighted by Crippen LogP contribution is -2.15. The van der Waals surface area contributed by atoms with Gasteiger partial charge in [0, 0.05) is 21.2 Å². The number of anilines is 2. The maximum atomic E-state index is 13.2. The average molecular weight is 376 g/mol. The van der Waals surface area contributed by atoms with Crippen molar-refractivity contribution in [2.45, 2.75) is 6.92 Å². The molecule has 21 heavy (non-hydrogen) atoms. The molecule has 0 heterocycles. The molecule has 0 atom stereocenters. The molecule has 0 saturated heterocycles. The molecule has 0 aliphatic carbocycles. The third-order valence-corrected chi connectivity index (χ3v) is 3.90. The Kier molecular flexibility index (Phi) is 4.49. The van der Waals surface area contributed by atoms with Crippen LogP contribution in [-0.4, -0.2) is 5.91 Å². The first-order valence-corrected chi connectivity index (χ1v) is 6.98. The Hall–Kier alpha value is -1.66. The molecule has 1 amide bonds. The Morgan fingerprint density at radius 2 is 1.86 bits per heavy atom. The highest BCUT2D eigenvalue weighted by Crippen LogP contribution is 2.30. The van der Waals surface area contributed by atoms with Crippen LogP contribution >= 0.6 is 27.5 Å². The number of benzene rings is 2. The molecule has 0 bridgehead atoms. The van der Waals surface area contributed by atoms with Crippen LogP contribution in [-0.2, 0) is 0 Å². The molecule has 0 aliphatic rings. The van der Waals surface area contributed by atoms with Crippen LogP contribution in [0.1, 0.15) is 15.9 Å². The number of amides is 1. The SMILES string of the molecule is Cc1cc(Br)c(NC(=O)c2cc(F)c(F)cc2N)cc1Cl. The number of nitrogens with one attached hydrogen (secondary N) is 1. The van der Waals surface area contributed by atoms with Crippen molar-refractivity contribution in [2.75, 3.05) is 11.1 Å². The highest BCUT2D eigenvalue weighted by Gasteiger charge is 2.16. The molecule has 2 aromatic rings. The normalized spacial score (nSPS) is 10.5. The maximum absolute atomic E-state index is 13.2. The molecule has 0 saturated carbocycles. The molecule has 3 N–H and O–H groups in total. The summed E-state index contributed by atoms with van der Waals surface area (Å²) >= 11 is 9.27. The van der Waals surface area contributed by atoms with E-state index < -0.39 is 17.5 Å². The van der Waals surface area contributed by atoms with Gasteiger partial charge in [-0.25, -0.2) is 8.78 Å². The molecule has 0 aromatic heterocycles. The molecule has 0 fully saturated rings. The van der Waals surface area contributed by atoms with Crippen molar-refractivity contribution in [3.63, 3.8) is 0 Å². The van der Waals surface area contributed by atoms with E-state index in [2.05, 4.69) is 21.2 Å². The zero-order chi connectivity index (χ0) is 15.7. The number of nitrogens with two attached hydrogens (primary N) is 1. The number of halogens is 4. The van der Waals surface area contributed by atoms with E-state index in [0.29, 0.717) is 15.2 Å². The fourth-order valence-corrected chi connectivity index (χ4v) is 2.41. The molecule has 3 nitrogen and oxygen atoms in total. The van der Waals surface area contributed by atoms with Crippen molar-refractivity contribution in [1.29, 1.82) is 0 Å². The number of aryl methyl sites for hydroxylation is 1. The van der Waals surface area contributed by atoms with E-state index in [1.807, 2.05) is 6.92 Å². The van der Waals surface area contributed by atoms with Crippen molar-refractivity contribution < 1.29 is 13.6 Å². The summed E-state index contributed by atoms with van der Waals surface area (Å²) < 4.78 is 26.8. The van der Waals surface area contributed by atoms with Gasteiger partial charge in [0.05, 0.1) is 11.3 Å². The lowest BCUT2D eigenvalue weighted by atomic mass is 10.1. The van der Waals surface area contributed by atoms with Crippen LogP contribution in [0.5, 0.6) is 0 Å². The zero-order valence-corrected chi connectivity index (χ0v) is 13.1. The Bertz CT molecular complexity index is 737. The van der Waals surface area contributed by atoms with Crippen molar-refractivity contribution in [2.24, 2.45) is 0 Å². The largest absolute Gasteiger partial charge is 0.398 e. The Labute approximate surface area is 133 Å². The Balaban J connectivity index is 2.35. The second-order valence-corrected chi connectivity index (χ2v) is 5.65. The van der Waals surface area contributed by atoms with Crippen LogP contribution in [0.25, 0.3) is 0 Å². The second-order valence-electron chi connectivity index (χ2n) is 4.39. The van der Waals surface area contributed by atoms with Gasteiger partial charge in [0.1, 0.15) is 0 Å². The number of carbonyl (C=O) groups is 1. The van der Waals surface area contributed by atoms with Crippen molar-refractivity contribution >= 4 is 44.8 Å². The Morgan fingerprint density at radius 1 is 1.24 bits per heavy atom. The van der Waals surface area contributed by atoms with Gasteiger partial charge in [-0.3, -0.25) is 4.79 Å². The fourth-order valence-electron chi connectivity index (χ4n) is 1.69. The Morgan fingerprint density at radius 3 is 2.52 bits per heavy atom. The van der Waals surface area contributed by atoms with E-state index in [1.54, 1.807) is 12.1 Å². The molecule has 2 rings (SSSR count). The summed E-state index contributed by atoms with van der Waals surface area (Å²) in [5.41, 5.74) is 6.45. The molecular weight excluding hydrogens is 366 g/mol. The number of nitrogen functional groups attached to an aromatic ring is 1. The summed E-state index contributed by atoms with van der Waals surface area (Å²) in [7, 11) is 0. The first kappa shape index (κ1) is 15.7. The van der Waals surface area contributed by atoms with E-state index in [1.165, 1.54) is 0 Å². The van der Waals surface area contributed by atoms with Gasteiger partial charge in [0.15, 0.2) is 11.6 Å². The number of rotatable bonds is 2. The minimum atomic E-state index is -1.14. The van der Waals surface area contributed by atoms with Crippen LogP contribution in [0.4, 0.5) is 20.2 Å². The van der Waals surface area contributed by atoms with Crippen molar-refractivity contribution in [3.05, 3.63) is 56.5 Å². The molecule has 0 aliphatic heterocycles. The number of carbonyl (C=O) groups excluding carboxylic acids is 1. The molecule has 110 valence electrons. The topological polar surface area (TPSA) is 55.1 Å². The summed E-state index contributed by atoms with van der Waals surface area (Å²) in [5, 5.41) is 3.01. The van der Waals surface area contributed by atoms with Gasteiger partial charge >= 0.3 is 0 Å². The summed E-state index contributed by atoms with van der Waals surface area (Å²) in [6.45, 7) is 1.81. The van der Waals surface area contributed by atoms with Crippen LogP contribution in [0.15, 0.2) is 28.7 Å². The predicted octanol–water partition coefficient (Wildman–Crippen LogP) is 4.52. The van der Waals surface area contributed by atoms with Crippen LogP contribution in [0.3, 0.4) is 0 Å². The molecule has 7 heteroatoms. The van der Waals surface area contributed by atoms with Crippen molar-refractivity contribution in [3.8, 4) is 0 Å². The van der Waals surface area contributed by atoms with Gasteiger partial charge in [0.25, 0.3) is 5.91 Å². The monoisotopic (exact) mass is 374 g/mol. The van der Waals surface area contributed by atoms with Gasteiger partial charge in [0.2, 0.25) is 0 Å². The maximum Gasteiger partial charge on any atom is 0.257 e. The van der Waals surface area contributed by atoms with Gasteiger partial charge in [-0.15, -0.1) is 0 Å². The standard InChI is InChI=1S/C14H10BrClF2N2O/c1-6-2-8(15)13(4-9(6)16)20-14(21)7-3-10(17)11(18)5-12(7)19/h2-5H,19H2,1H3,(H,20,21). The fraction of sp³-hybridized carbons (Fsp3) is 0.0714. The molecule has 0 radical (unpaired) electrons. The van der Waals surface area contributed by atoms with E-state index in [0.717, 1.165) is 17.7 Å². The third-order valence-electron chi connectivity index (χ3n) is 2.83.